The van der Waals surface area contributed by atoms with Crippen LogP contribution in [0.15, 0.2) is 0 Å². The average Bonchev–Trinajstić information content (AvgIpc) is 2.78. The number of nitrogens with zero attached hydrogens (tertiary/aromatic N) is 1. The van der Waals surface area contributed by atoms with Gasteiger partial charge in [-0.3, -0.25) is 9.59 Å². The molecule has 0 unspecified atom stereocenters. The maximum Gasteiger partial charge on any atom is 0.305 e. The standard InChI is InChI=1S/C17H29NO3/c1-15(2)13(16(15,3)4)14(21)18(5)17(11-12(19)20)9-7-6-8-10-17/h13H,6-11H2,1-5H3,(H,19,20). The van der Waals surface area contributed by atoms with E-state index in [1.54, 1.807) is 4.90 Å². The molecule has 2 fully saturated rings. The minimum atomic E-state index is -0.800. The maximum atomic E-state index is 13.0. The van der Waals surface area contributed by atoms with Gasteiger partial charge in [-0.15, -0.1) is 0 Å². The predicted octanol–water partition coefficient (Wildman–Crippen LogP) is 3.30. The van der Waals surface area contributed by atoms with Gasteiger partial charge in [0, 0.05) is 13.0 Å². The fourth-order valence-corrected chi connectivity index (χ4v) is 4.36. The van der Waals surface area contributed by atoms with Crippen molar-refractivity contribution in [1.82, 2.24) is 4.90 Å². The van der Waals surface area contributed by atoms with E-state index in [0.717, 1.165) is 32.1 Å². The van der Waals surface area contributed by atoms with Crippen molar-refractivity contribution in [3.05, 3.63) is 0 Å². The highest BCUT2D eigenvalue weighted by Crippen LogP contribution is 2.69. The lowest BCUT2D eigenvalue weighted by Crippen LogP contribution is -2.53. The van der Waals surface area contributed by atoms with Crippen molar-refractivity contribution in [2.24, 2.45) is 16.7 Å². The molecule has 21 heavy (non-hydrogen) atoms. The molecule has 0 aliphatic heterocycles. The number of aliphatic carboxylic acids is 1. The summed E-state index contributed by atoms with van der Waals surface area (Å²) in [6, 6.07) is 0. The van der Waals surface area contributed by atoms with Crippen LogP contribution in [0.1, 0.15) is 66.2 Å². The Hall–Kier alpha value is -1.06. The Morgan fingerprint density at radius 1 is 1.05 bits per heavy atom. The molecule has 0 radical (unpaired) electrons. The third-order valence-electron chi connectivity index (χ3n) is 6.57. The molecular formula is C17H29NO3. The average molecular weight is 295 g/mol. The quantitative estimate of drug-likeness (QED) is 0.865. The summed E-state index contributed by atoms with van der Waals surface area (Å²) >= 11 is 0. The Balaban J connectivity index is 2.21. The topological polar surface area (TPSA) is 57.6 Å². The van der Waals surface area contributed by atoms with Gasteiger partial charge in [-0.2, -0.15) is 0 Å². The molecule has 0 heterocycles. The number of rotatable bonds is 4. The van der Waals surface area contributed by atoms with Crippen molar-refractivity contribution >= 4 is 11.9 Å². The third kappa shape index (κ3) is 2.47. The SMILES string of the molecule is CN(C(=O)C1C(C)(C)C1(C)C)C1(CC(=O)O)CCCCC1. The van der Waals surface area contributed by atoms with Gasteiger partial charge in [-0.05, 0) is 23.7 Å². The summed E-state index contributed by atoms with van der Waals surface area (Å²) in [5, 5.41) is 9.28. The summed E-state index contributed by atoms with van der Waals surface area (Å²) < 4.78 is 0. The number of hydrogen-bond acceptors (Lipinski definition) is 2. The summed E-state index contributed by atoms with van der Waals surface area (Å²) in [4.78, 5) is 26.1. The largest absolute Gasteiger partial charge is 0.481 e. The molecular weight excluding hydrogens is 266 g/mol. The van der Waals surface area contributed by atoms with Gasteiger partial charge in [-0.25, -0.2) is 0 Å². The molecule has 1 N–H and O–H groups in total. The highest BCUT2D eigenvalue weighted by Gasteiger charge is 2.69. The Labute approximate surface area is 127 Å². The van der Waals surface area contributed by atoms with Gasteiger partial charge in [0.1, 0.15) is 0 Å². The van der Waals surface area contributed by atoms with Crippen LogP contribution in [0.2, 0.25) is 0 Å². The molecule has 2 aliphatic rings. The number of carboxylic acids is 1. The first-order valence-electron chi connectivity index (χ1n) is 8.06. The minimum absolute atomic E-state index is 0.00240. The smallest absolute Gasteiger partial charge is 0.305 e. The summed E-state index contributed by atoms with van der Waals surface area (Å²) in [6.45, 7) is 8.53. The molecule has 0 aromatic heterocycles. The molecule has 2 rings (SSSR count). The number of carboxylic acid groups (broad SMARTS) is 1. The van der Waals surface area contributed by atoms with Crippen LogP contribution in [0.25, 0.3) is 0 Å². The molecule has 0 saturated heterocycles. The number of carbonyl (C=O) groups is 2. The highest BCUT2D eigenvalue weighted by molar-refractivity contribution is 5.85. The van der Waals surface area contributed by atoms with E-state index in [1.165, 1.54) is 0 Å². The van der Waals surface area contributed by atoms with E-state index >= 15 is 0 Å². The first-order valence-corrected chi connectivity index (χ1v) is 8.06. The molecule has 120 valence electrons. The van der Waals surface area contributed by atoms with Crippen LogP contribution >= 0.6 is 0 Å². The highest BCUT2D eigenvalue weighted by atomic mass is 16.4. The Morgan fingerprint density at radius 2 is 1.52 bits per heavy atom. The van der Waals surface area contributed by atoms with Crippen molar-refractivity contribution in [2.45, 2.75) is 71.8 Å². The lowest BCUT2D eigenvalue weighted by Gasteiger charge is -2.44. The van der Waals surface area contributed by atoms with Crippen LogP contribution in [-0.4, -0.2) is 34.5 Å². The zero-order valence-corrected chi connectivity index (χ0v) is 14.0. The summed E-state index contributed by atoms with van der Waals surface area (Å²) in [7, 11) is 1.82. The fourth-order valence-electron chi connectivity index (χ4n) is 4.36. The van der Waals surface area contributed by atoms with Gasteiger partial charge >= 0.3 is 5.97 Å². The second-order valence-corrected chi connectivity index (χ2v) is 8.13. The molecule has 4 heteroatoms. The van der Waals surface area contributed by atoms with Crippen LogP contribution in [0.5, 0.6) is 0 Å². The summed E-state index contributed by atoms with van der Waals surface area (Å²) in [5.74, 6) is -0.665. The molecule has 0 atom stereocenters. The molecule has 0 aromatic rings. The second-order valence-electron chi connectivity index (χ2n) is 8.13. The molecule has 0 bridgehead atoms. The Morgan fingerprint density at radius 3 is 1.90 bits per heavy atom. The van der Waals surface area contributed by atoms with E-state index in [4.69, 9.17) is 0 Å². The normalized spacial score (nSPS) is 26.1. The Bertz CT molecular complexity index is 433. The molecule has 4 nitrogen and oxygen atoms in total. The van der Waals surface area contributed by atoms with Gasteiger partial charge < -0.3 is 10.0 Å². The first-order chi connectivity index (χ1) is 9.56. The lowest BCUT2D eigenvalue weighted by atomic mass is 9.77. The predicted molar refractivity (Wildman–Crippen MR) is 81.9 cm³/mol. The van der Waals surface area contributed by atoms with E-state index in [0.29, 0.717) is 0 Å². The number of amides is 1. The van der Waals surface area contributed by atoms with Crippen molar-refractivity contribution in [2.75, 3.05) is 7.05 Å². The van der Waals surface area contributed by atoms with Gasteiger partial charge in [0.25, 0.3) is 0 Å². The number of hydrogen-bond donors (Lipinski definition) is 1. The van der Waals surface area contributed by atoms with Crippen molar-refractivity contribution in [3.8, 4) is 0 Å². The van der Waals surface area contributed by atoms with Crippen LogP contribution in [0.4, 0.5) is 0 Å². The zero-order valence-electron chi connectivity index (χ0n) is 14.0. The van der Waals surface area contributed by atoms with Crippen LogP contribution in [0, 0.1) is 16.7 Å². The van der Waals surface area contributed by atoms with Crippen molar-refractivity contribution in [3.63, 3.8) is 0 Å². The van der Waals surface area contributed by atoms with E-state index in [1.807, 2.05) is 7.05 Å². The lowest BCUT2D eigenvalue weighted by molar-refractivity contribution is -0.147. The third-order valence-corrected chi connectivity index (χ3v) is 6.57. The van der Waals surface area contributed by atoms with Gasteiger partial charge in [0.2, 0.25) is 5.91 Å². The van der Waals surface area contributed by atoms with Crippen LogP contribution in [-0.2, 0) is 9.59 Å². The van der Waals surface area contributed by atoms with E-state index in [2.05, 4.69) is 27.7 Å². The maximum absolute atomic E-state index is 13.0. The zero-order chi connectivity index (χ0) is 16.1. The Kier molecular flexibility index (Phi) is 3.88. The summed E-state index contributed by atoms with van der Waals surface area (Å²) in [5.41, 5.74) is -0.481. The summed E-state index contributed by atoms with van der Waals surface area (Å²) in [6.07, 6.45) is 4.88. The molecule has 2 saturated carbocycles. The number of carbonyl (C=O) groups excluding carboxylic acids is 1. The van der Waals surface area contributed by atoms with Gasteiger partial charge in [0.05, 0.1) is 12.0 Å². The van der Waals surface area contributed by atoms with Crippen molar-refractivity contribution < 1.29 is 14.7 Å². The van der Waals surface area contributed by atoms with E-state index in [9.17, 15) is 14.7 Å². The molecule has 0 aromatic carbocycles. The van der Waals surface area contributed by atoms with Crippen molar-refractivity contribution in [1.29, 1.82) is 0 Å². The van der Waals surface area contributed by atoms with Gasteiger partial charge in [-0.1, -0.05) is 47.0 Å². The first kappa shape index (κ1) is 16.3. The monoisotopic (exact) mass is 295 g/mol. The minimum Gasteiger partial charge on any atom is -0.481 e. The molecule has 1 amide bonds. The molecule has 2 aliphatic carbocycles. The van der Waals surface area contributed by atoms with E-state index < -0.39 is 11.5 Å². The van der Waals surface area contributed by atoms with E-state index in [-0.39, 0.29) is 29.1 Å². The second kappa shape index (κ2) is 4.99. The van der Waals surface area contributed by atoms with Gasteiger partial charge in [0.15, 0.2) is 0 Å². The fraction of sp³-hybridized carbons (Fsp3) is 0.882. The van der Waals surface area contributed by atoms with Crippen LogP contribution < -0.4 is 0 Å². The molecule has 0 spiro atoms. The van der Waals surface area contributed by atoms with Crippen LogP contribution in [0.3, 0.4) is 0 Å².